The zero-order valence-corrected chi connectivity index (χ0v) is 17.5. The quantitative estimate of drug-likeness (QED) is 0.406. The van der Waals surface area contributed by atoms with Crippen LogP contribution in [0, 0.1) is 13.8 Å². The molecule has 0 unspecified atom stereocenters. The van der Waals surface area contributed by atoms with Crippen LogP contribution in [-0.2, 0) is 6.54 Å². The van der Waals surface area contributed by atoms with Crippen molar-refractivity contribution in [1.29, 1.82) is 0 Å². The van der Waals surface area contributed by atoms with Crippen molar-refractivity contribution in [3.63, 3.8) is 0 Å². The van der Waals surface area contributed by atoms with E-state index < -0.39 is 0 Å². The summed E-state index contributed by atoms with van der Waals surface area (Å²) in [6, 6.07) is 20.4. The molecule has 30 heavy (non-hydrogen) atoms. The number of hydrogen-bond acceptors (Lipinski definition) is 6. The Morgan fingerprint density at radius 3 is 2.57 bits per heavy atom. The second-order valence-corrected chi connectivity index (χ2v) is 7.79. The monoisotopic (exact) mass is 412 g/mol. The van der Waals surface area contributed by atoms with E-state index in [9.17, 15) is 0 Å². The SMILES string of the molecule is Cc1ccc(NCc2nc(-c3ccc4nsnc4c3)c(-c3cccc(C)n3)[nH]2)cc1. The lowest BCUT2D eigenvalue weighted by atomic mass is 10.1. The third-order valence-corrected chi connectivity index (χ3v) is 5.49. The first-order valence-corrected chi connectivity index (χ1v) is 10.4. The number of nitrogens with zero attached hydrogens (tertiary/aromatic N) is 4. The first kappa shape index (κ1) is 18.4. The molecule has 0 spiro atoms. The van der Waals surface area contributed by atoms with E-state index in [1.54, 1.807) is 0 Å². The van der Waals surface area contributed by atoms with Gasteiger partial charge >= 0.3 is 0 Å². The highest BCUT2D eigenvalue weighted by atomic mass is 32.1. The molecule has 0 radical (unpaired) electrons. The van der Waals surface area contributed by atoms with E-state index in [0.717, 1.165) is 50.9 Å². The summed E-state index contributed by atoms with van der Waals surface area (Å²) < 4.78 is 8.68. The van der Waals surface area contributed by atoms with E-state index in [4.69, 9.17) is 9.97 Å². The van der Waals surface area contributed by atoms with Crippen LogP contribution in [-0.4, -0.2) is 23.7 Å². The largest absolute Gasteiger partial charge is 0.378 e. The number of benzene rings is 2. The van der Waals surface area contributed by atoms with Crippen molar-refractivity contribution in [2.75, 3.05) is 5.32 Å². The second-order valence-electron chi connectivity index (χ2n) is 7.26. The first-order chi connectivity index (χ1) is 14.7. The van der Waals surface area contributed by atoms with E-state index in [1.165, 1.54) is 17.3 Å². The van der Waals surface area contributed by atoms with Gasteiger partial charge in [0.15, 0.2) is 0 Å². The van der Waals surface area contributed by atoms with E-state index in [0.29, 0.717) is 6.54 Å². The third-order valence-electron chi connectivity index (χ3n) is 4.94. The minimum atomic E-state index is 0.586. The Hall–Kier alpha value is -3.58. The lowest BCUT2D eigenvalue weighted by molar-refractivity contribution is 1.00. The van der Waals surface area contributed by atoms with Gasteiger partial charge in [0.2, 0.25) is 0 Å². The number of pyridine rings is 1. The fourth-order valence-electron chi connectivity index (χ4n) is 3.37. The van der Waals surface area contributed by atoms with Crippen LogP contribution in [0.3, 0.4) is 0 Å². The molecule has 5 aromatic rings. The Morgan fingerprint density at radius 2 is 1.73 bits per heavy atom. The van der Waals surface area contributed by atoms with Crippen LogP contribution in [0.4, 0.5) is 5.69 Å². The molecule has 0 saturated carbocycles. The Balaban J connectivity index is 1.54. The minimum Gasteiger partial charge on any atom is -0.378 e. The number of imidazole rings is 1. The van der Waals surface area contributed by atoms with Gasteiger partial charge in [-0.25, -0.2) is 4.98 Å². The van der Waals surface area contributed by atoms with Gasteiger partial charge < -0.3 is 10.3 Å². The summed E-state index contributed by atoms with van der Waals surface area (Å²) >= 11 is 1.22. The highest BCUT2D eigenvalue weighted by molar-refractivity contribution is 7.00. The van der Waals surface area contributed by atoms with Gasteiger partial charge in [0.1, 0.15) is 16.9 Å². The topological polar surface area (TPSA) is 79.4 Å². The van der Waals surface area contributed by atoms with Crippen LogP contribution in [0.2, 0.25) is 0 Å². The summed E-state index contributed by atoms with van der Waals surface area (Å²) in [4.78, 5) is 13.1. The number of hydrogen-bond donors (Lipinski definition) is 2. The van der Waals surface area contributed by atoms with E-state index in [-0.39, 0.29) is 0 Å². The predicted molar refractivity (Wildman–Crippen MR) is 121 cm³/mol. The molecule has 2 N–H and O–H groups in total. The molecular weight excluding hydrogens is 392 g/mol. The minimum absolute atomic E-state index is 0.586. The highest BCUT2D eigenvalue weighted by Gasteiger charge is 2.16. The Labute approximate surface area is 178 Å². The molecule has 0 saturated heterocycles. The molecule has 0 aliphatic carbocycles. The molecule has 3 heterocycles. The van der Waals surface area contributed by atoms with Crippen molar-refractivity contribution in [3.8, 4) is 22.6 Å². The molecule has 5 rings (SSSR count). The standard InChI is InChI=1S/C23H20N6S/c1-14-6-9-17(10-7-14)24-13-21-26-22(16-8-11-18-20(12-16)29-30-28-18)23(27-21)19-5-3-4-15(2)25-19/h3-12,24H,13H2,1-2H3,(H,26,27). The average molecular weight is 413 g/mol. The number of anilines is 1. The molecular formula is C23H20N6S. The molecule has 0 bridgehead atoms. The maximum atomic E-state index is 4.91. The van der Waals surface area contributed by atoms with Crippen molar-refractivity contribution in [2.45, 2.75) is 20.4 Å². The summed E-state index contributed by atoms with van der Waals surface area (Å²) in [5.74, 6) is 0.848. The molecule has 3 aromatic heterocycles. The van der Waals surface area contributed by atoms with Crippen LogP contribution >= 0.6 is 11.7 Å². The van der Waals surface area contributed by atoms with Gasteiger partial charge in [-0.3, -0.25) is 4.98 Å². The lowest BCUT2D eigenvalue weighted by Crippen LogP contribution is -2.01. The maximum absolute atomic E-state index is 4.91. The van der Waals surface area contributed by atoms with Gasteiger partial charge in [0, 0.05) is 16.9 Å². The Morgan fingerprint density at radius 1 is 0.900 bits per heavy atom. The van der Waals surface area contributed by atoms with Crippen LogP contribution in [0.15, 0.2) is 60.7 Å². The van der Waals surface area contributed by atoms with Crippen molar-refractivity contribution >= 4 is 28.4 Å². The normalized spacial score (nSPS) is 11.1. The van der Waals surface area contributed by atoms with Crippen molar-refractivity contribution in [3.05, 3.63) is 77.7 Å². The van der Waals surface area contributed by atoms with E-state index in [1.807, 2.05) is 43.3 Å². The molecule has 0 aliphatic rings. The van der Waals surface area contributed by atoms with Crippen LogP contribution in [0.25, 0.3) is 33.7 Å². The predicted octanol–water partition coefficient (Wildman–Crippen LogP) is 5.37. The van der Waals surface area contributed by atoms with Crippen LogP contribution in [0.5, 0.6) is 0 Å². The molecule has 6 nitrogen and oxygen atoms in total. The van der Waals surface area contributed by atoms with Gasteiger partial charge in [-0.05, 0) is 50.2 Å². The molecule has 0 aliphatic heterocycles. The molecule has 0 atom stereocenters. The molecule has 0 amide bonds. The van der Waals surface area contributed by atoms with Crippen LogP contribution < -0.4 is 5.32 Å². The van der Waals surface area contributed by atoms with E-state index >= 15 is 0 Å². The zero-order chi connectivity index (χ0) is 20.5. The molecule has 2 aromatic carbocycles. The number of rotatable bonds is 5. The average Bonchev–Trinajstić information content (AvgIpc) is 3.40. The molecule has 7 heteroatoms. The van der Waals surface area contributed by atoms with Gasteiger partial charge in [-0.2, -0.15) is 8.75 Å². The summed E-state index contributed by atoms with van der Waals surface area (Å²) in [6.45, 7) is 4.66. The number of fused-ring (bicyclic) bond motifs is 1. The third kappa shape index (κ3) is 3.67. The van der Waals surface area contributed by atoms with Crippen LogP contribution in [0.1, 0.15) is 17.1 Å². The van der Waals surface area contributed by atoms with Gasteiger partial charge in [-0.15, -0.1) is 0 Å². The molecule has 0 fully saturated rings. The fourth-order valence-corrected chi connectivity index (χ4v) is 3.89. The van der Waals surface area contributed by atoms with Gasteiger partial charge in [0.05, 0.1) is 35.4 Å². The number of aryl methyl sites for hydroxylation is 2. The number of aromatic nitrogens is 5. The number of aromatic amines is 1. The smallest absolute Gasteiger partial charge is 0.126 e. The highest BCUT2D eigenvalue weighted by Crippen LogP contribution is 2.31. The summed E-state index contributed by atoms with van der Waals surface area (Å²) in [7, 11) is 0. The summed E-state index contributed by atoms with van der Waals surface area (Å²) in [5.41, 5.74) is 8.67. The second kappa shape index (κ2) is 7.68. The summed E-state index contributed by atoms with van der Waals surface area (Å²) in [5, 5.41) is 3.43. The summed E-state index contributed by atoms with van der Waals surface area (Å²) in [6.07, 6.45) is 0. The van der Waals surface area contributed by atoms with E-state index in [2.05, 4.69) is 50.2 Å². The zero-order valence-electron chi connectivity index (χ0n) is 16.7. The molecule has 148 valence electrons. The lowest BCUT2D eigenvalue weighted by Gasteiger charge is -2.04. The fraction of sp³-hybridized carbons (Fsp3) is 0.130. The van der Waals surface area contributed by atoms with Crippen molar-refractivity contribution < 1.29 is 0 Å². The number of H-pyrrole nitrogens is 1. The Kier molecular flexibility index (Phi) is 4.72. The van der Waals surface area contributed by atoms with Crippen molar-refractivity contribution in [2.24, 2.45) is 0 Å². The van der Waals surface area contributed by atoms with Gasteiger partial charge in [0.25, 0.3) is 0 Å². The maximum Gasteiger partial charge on any atom is 0.126 e. The Bertz CT molecular complexity index is 1320. The van der Waals surface area contributed by atoms with Gasteiger partial charge in [-0.1, -0.05) is 29.8 Å². The first-order valence-electron chi connectivity index (χ1n) is 9.72. The number of nitrogens with one attached hydrogen (secondary N) is 2. The van der Waals surface area contributed by atoms with Crippen molar-refractivity contribution in [1.82, 2.24) is 23.7 Å².